The number of Topliss-reactive ketones (excluding diaryl/α,β-unsaturated/α-hetero) is 1. The molecule has 2 bridgehead atoms. The first-order valence-corrected chi connectivity index (χ1v) is 23.0. The van der Waals surface area contributed by atoms with Crippen molar-refractivity contribution in [2.24, 2.45) is 16.7 Å². The van der Waals surface area contributed by atoms with Gasteiger partial charge in [-0.05, 0) is 67.7 Å². The van der Waals surface area contributed by atoms with Gasteiger partial charge in [-0.3, -0.25) is 24.0 Å². The standard InChI is InChI=1S/C53H59NO15/c1-8-9-13-26-39(58)67-43(41(33-20-14-10-15-21-33)54-47(60)34-22-16-11-17-23-34)49(62)66-36-28-53(63)46(68-48(61)35-24-18-12-19-25-35)44-51(7,37(57)27-38-52(44,29-64-38)69-32(4)56)45(59)42(65-31(3)55)40(30(36)2)50(53,5)6/h8,10-12,14-25,36-38,41-44,46,57,63H,1,9,13,26-29H2,2-7H3,(H,54,60)/t36-,37-,38+,41-,42+,43+,44-,46-,51+,52-,53+/m0/s1. The maximum absolute atomic E-state index is 15.7. The largest absolute Gasteiger partial charge is 0.455 e. The smallest absolute Gasteiger partial charge is 0.350 e. The van der Waals surface area contributed by atoms with E-state index in [1.54, 1.807) is 98.8 Å². The number of ether oxygens (including phenoxy) is 6. The lowest BCUT2D eigenvalue weighted by molar-refractivity contribution is -0.346. The zero-order chi connectivity index (χ0) is 50.1. The summed E-state index contributed by atoms with van der Waals surface area (Å²) >= 11 is 0. The highest BCUT2D eigenvalue weighted by atomic mass is 16.6. The van der Waals surface area contributed by atoms with E-state index < -0.39 is 119 Å². The van der Waals surface area contributed by atoms with Crippen LogP contribution >= 0.6 is 0 Å². The van der Waals surface area contributed by atoms with Gasteiger partial charge in [-0.15, -0.1) is 6.58 Å². The molecule has 11 atom stereocenters. The normalized spacial score (nSPS) is 29.7. The van der Waals surface area contributed by atoms with E-state index in [4.69, 9.17) is 28.4 Å². The van der Waals surface area contributed by atoms with Crippen molar-refractivity contribution in [3.05, 3.63) is 131 Å². The van der Waals surface area contributed by atoms with Crippen molar-refractivity contribution >= 4 is 41.5 Å². The molecule has 0 radical (unpaired) electrons. The Labute approximate surface area is 400 Å². The fraction of sp³-hybridized carbons (Fsp3) is 0.453. The van der Waals surface area contributed by atoms with Crippen molar-refractivity contribution in [3.8, 4) is 0 Å². The number of esters is 5. The second-order valence-electron chi connectivity index (χ2n) is 19.0. The second-order valence-corrected chi connectivity index (χ2v) is 19.0. The van der Waals surface area contributed by atoms with Crippen LogP contribution in [0.3, 0.4) is 0 Å². The highest BCUT2D eigenvalue weighted by Crippen LogP contribution is 2.64. The third kappa shape index (κ3) is 9.24. The van der Waals surface area contributed by atoms with Crippen molar-refractivity contribution in [3.63, 3.8) is 0 Å². The van der Waals surface area contributed by atoms with Crippen LogP contribution < -0.4 is 5.32 Å². The zero-order valence-corrected chi connectivity index (χ0v) is 39.5. The van der Waals surface area contributed by atoms with Gasteiger partial charge in [0.05, 0.1) is 29.6 Å². The third-order valence-electron chi connectivity index (χ3n) is 14.5. The van der Waals surface area contributed by atoms with Crippen LogP contribution in [0, 0.1) is 16.7 Å². The van der Waals surface area contributed by atoms with Crippen LogP contribution in [0.2, 0.25) is 0 Å². The van der Waals surface area contributed by atoms with Gasteiger partial charge >= 0.3 is 29.8 Å². The SMILES string of the molecule is C=CCCCC(=O)O[C@@H](C(=O)O[C@H]1C[C@@]2(O)[C@@H](OC(=O)c3ccccc3)[C@@H]3[C@]4(OC(C)=O)CO[C@@H]4C[C@H](O)[C@@]3(C)C(=O)[C@H](OC(C)=O)C(=C1C)C2(C)C)[C@@H](NC(=O)c1ccccc1)c1ccccc1. The molecule has 0 spiro atoms. The predicted molar refractivity (Wildman–Crippen MR) is 246 cm³/mol. The first kappa shape index (κ1) is 50.4. The van der Waals surface area contributed by atoms with Gasteiger partial charge in [0.15, 0.2) is 17.5 Å². The fourth-order valence-corrected chi connectivity index (χ4v) is 10.9. The molecule has 1 amide bonds. The lowest BCUT2D eigenvalue weighted by Crippen LogP contribution is -2.82. The molecule has 3 aliphatic carbocycles. The number of hydrogen-bond acceptors (Lipinski definition) is 15. The number of nitrogens with one attached hydrogen (secondary N) is 1. The molecule has 0 unspecified atom stereocenters. The Morgan fingerprint density at radius 1 is 0.870 bits per heavy atom. The van der Waals surface area contributed by atoms with Crippen molar-refractivity contribution in [2.75, 3.05) is 6.61 Å². The minimum atomic E-state index is -2.44. The molecule has 4 aliphatic rings. The Morgan fingerprint density at radius 3 is 2.04 bits per heavy atom. The minimum Gasteiger partial charge on any atom is -0.455 e. The number of benzene rings is 3. The second kappa shape index (κ2) is 19.9. The summed E-state index contributed by atoms with van der Waals surface area (Å²) in [6.07, 6.45) is -8.29. The number of aliphatic hydroxyl groups excluding tert-OH is 1. The summed E-state index contributed by atoms with van der Waals surface area (Å²) in [5, 5.41) is 28.9. The molecule has 1 saturated heterocycles. The topological polar surface area (TPSA) is 227 Å². The molecule has 2 saturated carbocycles. The van der Waals surface area contributed by atoms with E-state index in [9.17, 15) is 34.2 Å². The van der Waals surface area contributed by atoms with E-state index in [-0.39, 0.29) is 41.7 Å². The summed E-state index contributed by atoms with van der Waals surface area (Å²) in [4.78, 5) is 99.1. The van der Waals surface area contributed by atoms with Crippen LogP contribution in [0.1, 0.15) is 106 Å². The molecular weight excluding hydrogens is 891 g/mol. The van der Waals surface area contributed by atoms with Gasteiger partial charge in [0.25, 0.3) is 5.91 Å². The van der Waals surface area contributed by atoms with E-state index in [1.807, 2.05) is 0 Å². The summed E-state index contributed by atoms with van der Waals surface area (Å²) in [7, 11) is 0. The molecule has 3 aromatic rings. The maximum Gasteiger partial charge on any atom is 0.350 e. The van der Waals surface area contributed by atoms with Crippen LogP contribution in [-0.2, 0) is 52.4 Å². The third-order valence-corrected chi connectivity index (χ3v) is 14.5. The number of fused-ring (bicyclic) bond motifs is 5. The average molecular weight is 950 g/mol. The Hall–Kier alpha value is -6.49. The highest BCUT2D eigenvalue weighted by Gasteiger charge is 2.78. The van der Waals surface area contributed by atoms with Crippen molar-refractivity contribution < 1.29 is 72.2 Å². The van der Waals surface area contributed by atoms with E-state index in [2.05, 4.69) is 11.9 Å². The highest BCUT2D eigenvalue weighted by molar-refractivity contribution is 5.96. The molecule has 3 fully saturated rings. The van der Waals surface area contributed by atoms with Crippen LogP contribution in [0.15, 0.2) is 115 Å². The number of carbonyl (C=O) groups excluding carboxylic acids is 7. The quantitative estimate of drug-likeness (QED) is 0.0725. The number of rotatable bonds is 15. The Bertz CT molecular complexity index is 2510. The van der Waals surface area contributed by atoms with Gasteiger partial charge < -0.3 is 44.0 Å². The molecule has 16 nitrogen and oxygen atoms in total. The summed E-state index contributed by atoms with van der Waals surface area (Å²) in [5.41, 5.74) is -7.25. The fourth-order valence-electron chi connectivity index (χ4n) is 10.9. The number of carbonyl (C=O) groups is 7. The zero-order valence-electron chi connectivity index (χ0n) is 39.5. The van der Waals surface area contributed by atoms with Crippen LogP contribution in [0.5, 0.6) is 0 Å². The van der Waals surface area contributed by atoms with Crippen molar-refractivity contribution in [1.29, 1.82) is 0 Å². The van der Waals surface area contributed by atoms with E-state index in [0.717, 1.165) is 13.8 Å². The number of unbranched alkanes of at least 4 members (excludes halogenated alkanes) is 1. The van der Waals surface area contributed by atoms with Gasteiger partial charge in [0.1, 0.15) is 30.0 Å². The van der Waals surface area contributed by atoms with Crippen molar-refractivity contribution in [1.82, 2.24) is 5.32 Å². The Balaban J connectivity index is 1.42. The van der Waals surface area contributed by atoms with Gasteiger partial charge in [0.2, 0.25) is 6.10 Å². The van der Waals surface area contributed by atoms with Gasteiger partial charge in [-0.1, -0.05) is 86.7 Å². The van der Waals surface area contributed by atoms with E-state index in [0.29, 0.717) is 18.4 Å². The van der Waals surface area contributed by atoms with Gasteiger partial charge in [0, 0.05) is 44.1 Å². The monoisotopic (exact) mass is 949 g/mol. The minimum absolute atomic E-state index is 0.0228. The van der Waals surface area contributed by atoms with Crippen LogP contribution in [0.25, 0.3) is 0 Å². The predicted octanol–water partition coefficient (Wildman–Crippen LogP) is 5.64. The molecule has 69 heavy (non-hydrogen) atoms. The number of hydrogen-bond donors (Lipinski definition) is 3. The van der Waals surface area contributed by atoms with Gasteiger partial charge in [-0.25, -0.2) is 9.59 Å². The molecule has 366 valence electrons. The number of allylic oxidation sites excluding steroid dienone is 1. The molecule has 3 N–H and O–H groups in total. The lowest BCUT2D eigenvalue weighted by Gasteiger charge is -2.67. The molecule has 1 aliphatic heterocycles. The number of aliphatic hydroxyl groups is 2. The Kier molecular flexibility index (Phi) is 14.5. The molecule has 0 aromatic heterocycles. The molecule has 16 heteroatoms. The average Bonchev–Trinajstić information content (AvgIpc) is 3.31. The number of ketones is 1. The molecular formula is C53H59NO15. The van der Waals surface area contributed by atoms with E-state index in [1.165, 1.54) is 26.0 Å². The Morgan fingerprint density at radius 2 is 1.48 bits per heavy atom. The maximum atomic E-state index is 15.7. The molecule has 3 aromatic carbocycles. The number of amides is 1. The summed E-state index contributed by atoms with van der Waals surface area (Å²) in [6.45, 7) is 11.7. The molecule has 1 heterocycles. The van der Waals surface area contributed by atoms with Crippen LogP contribution in [-0.4, -0.2) is 106 Å². The lowest BCUT2D eigenvalue weighted by atomic mass is 9.44. The van der Waals surface area contributed by atoms with Gasteiger partial charge in [-0.2, -0.15) is 0 Å². The first-order valence-electron chi connectivity index (χ1n) is 23.0. The van der Waals surface area contributed by atoms with Crippen LogP contribution in [0.4, 0.5) is 0 Å². The summed E-state index contributed by atoms with van der Waals surface area (Å²) < 4.78 is 36.8. The molecule has 7 rings (SSSR count). The first-order chi connectivity index (χ1) is 32.7. The summed E-state index contributed by atoms with van der Waals surface area (Å²) in [6, 6.07) is 23.0. The summed E-state index contributed by atoms with van der Waals surface area (Å²) in [5.74, 6) is -7.69. The van der Waals surface area contributed by atoms with Crippen molar-refractivity contribution in [2.45, 2.75) is 128 Å². The van der Waals surface area contributed by atoms with E-state index >= 15 is 9.59 Å².